The van der Waals surface area contributed by atoms with Crippen LogP contribution < -0.4 is 5.73 Å². The van der Waals surface area contributed by atoms with Gasteiger partial charge in [0.15, 0.2) is 0 Å². The average molecular weight is 229 g/mol. The number of carbonyl (C=O) groups excluding carboxylic acids is 1. The highest BCUT2D eigenvalue weighted by Crippen LogP contribution is 2.08. The van der Waals surface area contributed by atoms with Gasteiger partial charge in [-0.3, -0.25) is 4.79 Å². The first-order chi connectivity index (χ1) is 7.77. The summed E-state index contributed by atoms with van der Waals surface area (Å²) in [5.41, 5.74) is 5.06. The van der Waals surface area contributed by atoms with E-state index in [2.05, 4.69) is 6.92 Å². The molecule has 0 saturated carbocycles. The Morgan fingerprint density at radius 3 is 2.06 bits per heavy atom. The molecule has 0 rings (SSSR count). The lowest BCUT2D eigenvalue weighted by molar-refractivity contribution is -0.118. The Labute approximate surface area is 99.7 Å². The van der Waals surface area contributed by atoms with Crippen molar-refractivity contribution in [2.24, 2.45) is 5.73 Å². The molecule has 0 aliphatic carbocycles. The van der Waals surface area contributed by atoms with Gasteiger partial charge >= 0.3 is 0 Å². The molecule has 0 spiro atoms. The number of carbonyl (C=O) groups is 1. The summed E-state index contributed by atoms with van der Waals surface area (Å²) in [7, 11) is 0. The van der Waals surface area contributed by atoms with Crippen LogP contribution in [0.15, 0.2) is 0 Å². The first-order valence-electron chi connectivity index (χ1n) is 6.63. The van der Waals surface area contributed by atoms with Crippen molar-refractivity contribution in [3.05, 3.63) is 0 Å². The summed E-state index contributed by atoms with van der Waals surface area (Å²) in [5, 5.41) is 0. The first-order valence-corrected chi connectivity index (χ1v) is 6.63. The van der Waals surface area contributed by atoms with Crippen molar-refractivity contribution in [1.29, 1.82) is 0 Å². The van der Waals surface area contributed by atoms with Crippen LogP contribution in [0.25, 0.3) is 0 Å². The summed E-state index contributed by atoms with van der Waals surface area (Å²) in [6, 6.07) is 0. The Morgan fingerprint density at radius 1 is 0.938 bits per heavy atom. The maximum atomic E-state index is 10.5. The normalized spacial score (nSPS) is 10.6. The third kappa shape index (κ3) is 13.4. The number of hydrogen-bond donors (Lipinski definition) is 1. The highest BCUT2D eigenvalue weighted by atomic mass is 16.5. The molecule has 0 aliphatic heterocycles. The van der Waals surface area contributed by atoms with Crippen molar-refractivity contribution in [2.75, 3.05) is 13.2 Å². The van der Waals surface area contributed by atoms with E-state index >= 15 is 0 Å². The number of amides is 1. The van der Waals surface area contributed by atoms with E-state index in [9.17, 15) is 4.79 Å². The Morgan fingerprint density at radius 2 is 1.50 bits per heavy atom. The molecule has 0 atom stereocenters. The molecule has 1 amide bonds. The van der Waals surface area contributed by atoms with E-state index in [0.717, 1.165) is 32.5 Å². The standard InChI is InChI=1S/C13H27NO2/c1-2-11-16-12-9-7-5-3-4-6-8-10-13(14)15/h2-12H2,1H3,(H2,14,15). The van der Waals surface area contributed by atoms with E-state index in [1.807, 2.05) is 0 Å². The fraction of sp³-hybridized carbons (Fsp3) is 0.923. The Kier molecular flexibility index (Phi) is 12.1. The highest BCUT2D eigenvalue weighted by Gasteiger charge is 1.95. The molecule has 0 unspecified atom stereocenters. The Hall–Kier alpha value is -0.570. The van der Waals surface area contributed by atoms with Crippen molar-refractivity contribution in [1.82, 2.24) is 0 Å². The van der Waals surface area contributed by atoms with Crippen LogP contribution in [0, 0.1) is 0 Å². The second-order valence-corrected chi connectivity index (χ2v) is 4.30. The van der Waals surface area contributed by atoms with Crippen molar-refractivity contribution >= 4 is 5.91 Å². The van der Waals surface area contributed by atoms with Crippen LogP contribution >= 0.6 is 0 Å². The largest absolute Gasteiger partial charge is 0.381 e. The van der Waals surface area contributed by atoms with Gasteiger partial charge in [-0.1, -0.05) is 39.0 Å². The number of hydrogen-bond acceptors (Lipinski definition) is 2. The van der Waals surface area contributed by atoms with Crippen LogP contribution in [0.4, 0.5) is 0 Å². The van der Waals surface area contributed by atoms with Crippen molar-refractivity contribution in [3.8, 4) is 0 Å². The summed E-state index contributed by atoms with van der Waals surface area (Å²) in [6.45, 7) is 3.94. The summed E-state index contributed by atoms with van der Waals surface area (Å²) < 4.78 is 5.40. The van der Waals surface area contributed by atoms with Crippen LogP contribution in [-0.2, 0) is 9.53 Å². The third-order valence-electron chi connectivity index (χ3n) is 2.56. The van der Waals surface area contributed by atoms with E-state index in [0.29, 0.717) is 6.42 Å². The summed E-state index contributed by atoms with van der Waals surface area (Å²) in [6.07, 6.45) is 9.97. The number of nitrogens with two attached hydrogens (primary N) is 1. The maximum absolute atomic E-state index is 10.5. The van der Waals surface area contributed by atoms with Crippen molar-refractivity contribution < 1.29 is 9.53 Å². The zero-order chi connectivity index (χ0) is 12.1. The third-order valence-corrected chi connectivity index (χ3v) is 2.56. The second kappa shape index (κ2) is 12.5. The number of ether oxygens (including phenoxy) is 1. The molecule has 0 aliphatic rings. The van der Waals surface area contributed by atoms with E-state index in [1.54, 1.807) is 0 Å². The molecule has 0 aromatic heterocycles. The van der Waals surface area contributed by atoms with Crippen LogP contribution in [0.5, 0.6) is 0 Å². The number of rotatable bonds is 12. The molecule has 0 heterocycles. The molecule has 3 heteroatoms. The fourth-order valence-electron chi connectivity index (χ4n) is 1.63. The van der Waals surface area contributed by atoms with E-state index in [4.69, 9.17) is 10.5 Å². The molecule has 0 aromatic rings. The van der Waals surface area contributed by atoms with Crippen molar-refractivity contribution in [3.63, 3.8) is 0 Å². The Bertz CT molecular complexity index is 160. The monoisotopic (exact) mass is 229 g/mol. The van der Waals surface area contributed by atoms with Crippen LogP contribution in [-0.4, -0.2) is 19.1 Å². The van der Waals surface area contributed by atoms with Gasteiger partial charge in [-0.2, -0.15) is 0 Å². The molecule has 96 valence electrons. The van der Waals surface area contributed by atoms with E-state index < -0.39 is 0 Å². The molecular weight excluding hydrogens is 202 g/mol. The van der Waals surface area contributed by atoms with Gasteiger partial charge in [0.25, 0.3) is 0 Å². The highest BCUT2D eigenvalue weighted by molar-refractivity contribution is 5.73. The molecule has 0 fully saturated rings. The van der Waals surface area contributed by atoms with Gasteiger partial charge in [0, 0.05) is 19.6 Å². The number of unbranched alkanes of at least 4 members (excludes halogenated alkanes) is 6. The molecule has 2 N–H and O–H groups in total. The average Bonchev–Trinajstić information content (AvgIpc) is 2.25. The van der Waals surface area contributed by atoms with Crippen LogP contribution in [0.3, 0.4) is 0 Å². The second-order valence-electron chi connectivity index (χ2n) is 4.30. The smallest absolute Gasteiger partial charge is 0.217 e. The predicted molar refractivity (Wildman–Crippen MR) is 67.2 cm³/mol. The van der Waals surface area contributed by atoms with Gasteiger partial charge < -0.3 is 10.5 Å². The van der Waals surface area contributed by atoms with Gasteiger partial charge in [-0.05, 0) is 19.3 Å². The zero-order valence-electron chi connectivity index (χ0n) is 10.7. The minimum Gasteiger partial charge on any atom is -0.381 e. The molecular formula is C13H27NO2. The minimum atomic E-state index is -0.173. The lowest BCUT2D eigenvalue weighted by Crippen LogP contribution is -2.09. The maximum Gasteiger partial charge on any atom is 0.217 e. The summed E-state index contributed by atoms with van der Waals surface area (Å²) >= 11 is 0. The van der Waals surface area contributed by atoms with E-state index in [1.165, 1.54) is 32.1 Å². The molecule has 0 bridgehead atoms. The van der Waals surface area contributed by atoms with Gasteiger partial charge in [0.1, 0.15) is 0 Å². The van der Waals surface area contributed by atoms with Gasteiger partial charge in [-0.15, -0.1) is 0 Å². The SMILES string of the molecule is CCCOCCCCCCCCCC(N)=O. The van der Waals surface area contributed by atoms with Crippen LogP contribution in [0.2, 0.25) is 0 Å². The molecule has 16 heavy (non-hydrogen) atoms. The quantitative estimate of drug-likeness (QED) is 0.523. The number of primary amides is 1. The van der Waals surface area contributed by atoms with Gasteiger partial charge in [-0.25, -0.2) is 0 Å². The predicted octanol–water partition coefficient (Wildman–Crippen LogP) is 3.02. The topological polar surface area (TPSA) is 52.3 Å². The molecule has 3 nitrogen and oxygen atoms in total. The molecule has 0 radical (unpaired) electrons. The summed E-state index contributed by atoms with van der Waals surface area (Å²) in [5.74, 6) is -0.173. The van der Waals surface area contributed by atoms with Gasteiger partial charge in [0.05, 0.1) is 0 Å². The lowest BCUT2D eigenvalue weighted by atomic mass is 10.1. The minimum absolute atomic E-state index is 0.173. The Balaban J connectivity index is 2.90. The first kappa shape index (κ1) is 15.4. The van der Waals surface area contributed by atoms with E-state index in [-0.39, 0.29) is 5.91 Å². The van der Waals surface area contributed by atoms with Crippen LogP contribution in [0.1, 0.15) is 64.7 Å². The lowest BCUT2D eigenvalue weighted by Gasteiger charge is -2.02. The fourth-order valence-corrected chi connectivity index (χ4v) is 1.63. The molecule has 0 aromatic carbocycles. The van der Waals surface area contributed by atoms with Gasteiger partial charge in [0.2, 0.25) is 5.91 Å². The molecule has 0 saturated heterocycles. The van der Waals surface area contributed by atoms with Crippen molar-refractivity contribution in [2.45, 2.75) is 64.7 Å². The zero-order valence-corrected chi connectivity index (χ0v) is 10.7. The summed E-state index contributed by atoms with van der Waals surface area (Å²) in [4.78, 5) is 10.5.